The van der Waals surface area contributed by atoms with Crippen LogP contribution in [-0.2, 0) is 0 Å². The number of rotatable bonds is 3. The number of aromatic hydroxyl groups is 1. The van der Waals surface area contributed by atoms with Crippen molar-refractivity contribution in [3.63, 3.8) is 0 Å². The number of hydrogen-bond donors (Lipinski definition) is 1. The fraction of sp³-hybridized carbons (Fsp3) is 0.533. The summed E-state index contributed by atoms with van der Waals surface area (Å²) in [4.78, 5) is 14.5. The Kier molecular flexibility index (Phi) is 3.90. The van der Waals surface area contributed by atoms with Gasteiger partial charge in [0.1, 0.15) is 5.75 Å². The maximum atomic E-state index is 12.6. The van der Waals surface area contributed by atoms with Crippen LogP contribution >= 0.6 is 0 Å². The Morgan fingerprint density at radius 2 is 2.06 bits per heavy atom. The maximum absolute atomic E-state index is 12.6. The summed E-state index contributed by atoms with van der Waals surface area (Å²) in [5.74, 6) is 0.251. The highest BCUT2D eigenvalue weighted by molar-refractivity contribution is 5.96. The van der Waals surface area contributed by atoms with Gasteiger partial charge in [-0.1, -0.05) is 18.9 Å². The Morgan fingerprint density at radius 3 is 2.67 bits per heavy atom. The van der Waals surface area contributed by atoms with E-state index in [2.05, 4.69) is 0 Å². The first-order valence-corrected chi connectivity index (χ1v) is 6.74. The van der Waals surface area contributed by atoms with E-state index < -0.39 is 0 Å². The number of carbonyl (C=O) groups is 1. The summed E-state index contributed by atoms with van der Waals surface area (Å²) in [5.41, 5.74) is 1.31. The Balaban J connectivity index is 2.25. The maximum Gasteiger partial charge on any atom is 0.254 e. The molecule has 1 saturated carbocycles. The molecular formula is C15H21NO2. The van der Waals surface area contributed by atoms with Crippen molar-refractivity contribution in [3.8, 4) is 5.75 Å². The van der Waals surface area contributed by atoms with Crippen molar-refractivity contribution in [1.82, 2.24) is 4.90 Å². The van der Waals surface area contributed by atoms with E-state index >= 15 is 0 Å². The molecule has 0 bridgehead atoms. The van der Waals surface area contributed by atoms with Gasteiger partial charge in [0.15, 0.2) is 0 Å². The van der Waals surface area contributed by atoms with Crippen LogP contribution in [0.5, 0.6) is 5.75 Å². The van der Waals surface area contributed by atoms with Crippen molar-refractivity contribution in [2.45, 2.75) is 45.6 Å². The largest absolute Gasteiger partial charge is 0.508 e. The van der Waals surface area contributed by atoms with Crippen molar-refractivity contribution in [2.24, 2.45) is 0 Å². The van der Waals surface area contributed by atoms with Crippen LogP contribution < -0.4 is 0 Å². The molecule has 1 N–H and O–H groups in total. The molecule has 1 aromatic carbocycles. The van der Waals surface area contributed by atoms with Crippen molar-refractivity contribution < 1.29 is 9.90 Å². The lowest BCUT2D eigenvalue weighted by Gasteiger charge is -2.28. The second-order valence-corrected chi connectivity index (χ2v) is 4.98. The number of hydrogen-bond acceptors (Lipinski definition) is 2. The normalized spacial score (nSPS) is 15.9. The molecule has 0 heterocycles. The molecule has 0 saturated heterocycles. The fourth-order valence-corrected chi connectivity index (χ4v) is 2.79. The smallest absolute Gasteiger partial charge is 0.254 e. The molecule has 1 aliphatic carbocycles. The summed E-state index contributed by atoms with van der Waals surface area (Å²) in [6, 6.07) is 5.54. The Labute approximate surface area is 108 Å². The monoisotopic (exact) mass is 247 g/mol. The Hall–Kier alpha value is -1.51. The van der Waals surface area contributed by atoms with Crippen molar-refractivity contribution in [1.29, 1.82) is 0 Å². The van der Waals surface area contributed by atoms with Gasteiger partial charge in [0.2, 0.25) is 0 Å². The summed E-state index contributed by atoms with van der Waals surface area (Å²) in [7, 11) is 0. The minimum atomic E-state index is 0.0535. The predicted molar refractivity (Wildman–Crippen MR) is 71.8 cm³/mol. The Morgan fingerprint density at radius 1 is 1.39 bits per heavy atom. The molecule has 1 amide bonds. The van der Waals surface area contributed by atoms with E-state index in [1.54, 1.807) is 25.1 Å². The molecule has 0 aliphatic heterocycles. The SMILES string of the molecule is CCN(C(=O)c1cccc(O)c1C)C1CCCC1. The first-order chi connectivity index (χ1) is 8.65. The van der Waals surface area contributed by atoms with Crippen LogP contribution in [0.15, 0.2) is 18.2 Å². The average molecular weight is 247 g/mol. The van der Waals surface area contributed by atoms with Crippen molar-refractivity contribution >= 4 is 5.91 Å². The van der Waals surface area contributed by atoms with E-state index in [1.165, 1.54) is 12.8 Å². The van der Waals surface area contributed by atoms with Gasteiger partial charge >= 0.3 is 0 Å². The predicted octanol–water partition coefficient (Wildman–Crippen LogP) is 3.11. The molecule has 3 heteroatoms. The number of benzene rings is 1. The van der Waals surface area contributed by atoms with Gasteiger partial charge in [0.05, 0.1) is 0 Å². The van der Waals surface area contributed by atoms with Crippen LogP contribution in [0.3, 0.4) is 0 Å². The molecule has 18 heavy (non-hydrogen) atoms. The van der Waals surface area contributed by atoms with Crippen LogP contribution in [0.2, 0.25) is 0 Å². The van der Waals surface area contributed by atoms with E-state index in [0.29, 0.717) is 17.2 Å². The number of phenolic OH excluding ortho intramolecular Hbond substituents is 1. The minimum absolute atomic E-state index is 0.0535. The topological polar surface area (TPSA) is 40.5 Å². The molecule has 0 unspecified atom stereocenters. The second kappa shape index (κ2) is 5.42. The van der Waals surface area contributed by atoms with E-state index in [1.807, 2.05) is 11.8 Å². The van der Waals surface area contributed by atoms with Crippen molar-refractivity contribution in [2.75, 3.05) is 6.54 Å². The molecule has 2 rings (SSSR count). The van der Waals surface area contributed by atoms with Gasteiger partial charge in [-0.25, -0.2) is 0 Å². The van der Waals surface area contributed by atoms with Crippen LogP contribution in [0, 0.1) is 6.92 Å². The lowest BCUT2D eigenvalue weighted by atomic mass is 10.1. The first-order valence-electron chi connectivity index (χ1n) is 6.74. The van der Waals surface area contributed by atoms with Gasteiger partial charge in [-0.15, -0.1) is 0 Å². The fourth-order valence-electron chi connectivity index (χ4n) is 2.79. The van der Waals surface area contributed by atoms with Gasteiger partial charge in [-0.2, -0.15) is 0 Å². The van der Waals surface area contributed by atoms with Crippen LogP contribution in [0.25, 0.3) is 0 Å². The third kappa shape index (κ3) is 2.35. The average Bonchev–Trinajstić information content (AvgIpc) is 2.87. The molecule has 0 atom stereocenters. The van der Waals surface area contributed by atoms with Crippen molar-refractivity contribution in [3.05, 3.63) is 29.3 Å². The lowest BCUT2D eigenvalue weighted by Crippen LogP contribution is -2.38. The highest BCUT2D eigenvalue weighted by Crippen LogP contribution is 2.27. The minimum Gasteiger partial charge on any atom is -0.508 e. The quantitative estimate of drug-likeness (QED) is 0.891. The first kappa shape index (κ1) is 12.9. The van der Waals surface area contributed by atoms with E-state index in [-0.39, 0.29) is 11.7 Å². The molecular weight excluding hydrogens is 226 g/mol. The zero-order valence-corrected chi connectivity index (χ0v) is 11.1. The van der Waals surface area contributed by atoms with Crippen LogP contribution in [0.4, 0.5) is 0 Å². The van der Waals surface area contributed by atoms with Gasteiger partial charge < -0.3 is 10.0 Å². The summed E-state index contributed by atoms with van der Waals surface area (Å²) in [5, 5.41) is 9.70. The molecule has 0 spiro atoms. The zero-order chi connectivity index (χ0) is 13.1. The molecule has 98 valence electrons. The van der Waals surface area contributed by atoms with E-state index in [9.17, 15) is 9.90 Å². The lowest BCUT2D eigenvalue weighted by molar-refractivity contribution is 0.0692. The molecule has 1 fully saturated rings. The summed E-state index contributed by atoms with van der Waals surface area (Å²) < 4.78 is 0. The summed E-state index contributed by atoms with van der Waals surface area (Å²) >= 11 is 0. The van der Waals surface area contributed by atoms with Gasteiger partial charge in [-0.3, -0.25) is 4.79 Å². The molecule has 3 nitrogen and oxygen atoms in total. The van der Waals surface area contributed by atoms with Gasteiger partial charge in [-0.05, 0) is 38.8 Å². The number of carbonyl (C=O) groups excluding carboxylic acids is 1. The van der Waals surface area contributed by atoms with Crippen LogP contribution in [-0.4, -0.2) is 28.5 Å². The summed E-state index contributed by atoms with van der Waals surface area (Å²) in [6.45, 7) is 4.55. The number of nitrogens with zero attached hydrogens (tertiary/aromatic N) is 1. The third-order valence-corrected chi connectivity index (χ3v) is 3.90. The molecule has 0 radical (unpaired) electrons. The highest BCUT2D eigenvalue weighted by Gasteiger charge is 2.27. The molecule has 0 aromatic heterocycles. The molecule has 1 aliphatic rings. The molecule has 1 aromatic rings. The number of amides is 1. The second-order valence-electron chi connectivity index (χ2n) is 4.98. The third-order valence-electron chi connectivity index (χ3n) is 3.90. The van der Waals surface area contributed by atoms with E-state index in [0.717, 1.165) is 19.4 Å². The van der Waals surface area contributed by atoms with E-state index in [4.69, 9.17) is 0 Å². The summed E-state index contributed by atoms with van der Waals surface area (Å²) in [6.07, 6.45) is 4.65. The number of phenols is 1. The highest BCUT2D eigenvalue weighted by atomic mass is 16.3. The van der Waals surface area contributed by atoms with Gasteiger partial charge in [0.25, 0.3) is 5.91 Å². The Bertz CT molecular complexity index is 436. The van der Waals surface area contributed by atoms with Gasteiger partial charge in [0, 0.05) is 23.7 Å². The van der Waals surface area contributed by atoms with Crippen LogP contribution in [0.1, 0.15) is 48.5 Å². The standard InChI is InChI=1S/C15H21NO2/c1-3-16(12-7-4-5-8-12)15(18)13-9-6-10-14(17)11(13)2/h6,9-10,12,17H,3-5,7-8H2,1-2H3. The zero-order valence-electron chi connectivity index (χ0n) is 11.1.